The summed E-state index contributed by atoms with van der Waals surface area (Å²) in [5.74, 6) is -1.69. The van der Waals surface area contributed by atoms with Crippen molar-refractivity contribution in [1.29, 1.82) is 0 Å². The normalized spacial score (nSPS) is 10.4. The number of carbonyl (C=O) groups is 1. The van der Waals surface area contributed by atoms with Gasteiger partial charge in [0.25, 0.3) is 0 Å². The van der Waals surface area contributed by atoms with E-state index in [0.29, 0.717) is 5.69 Å². The first-order valence-electron chi connectivity index (χ1n) is 5.88. The third-order valence-corrected chi connectivity index (χ3v) is 4.12. The first kappa shape index (κ1) is 15.8. The van der Waals surface area contributed by atoms with Crippen molar-refractivity contribution in [1.82, 2.24) is 0 Å². The number of rotatable bonds is 4. The molecular weight excluding hydrogens is 362 g/mol. The van der Waals surface area contributed by atoms with Crippen LogP contribution in [0, 0.1) is 11.6 Å². The second kappa shape index (κ2) is 6.91. The van der Waals surface area contributed by atoms with Gasteiger partial charge < -0.3 is 11.1 Å². The van der Waals surface area contributed by atoms with Gasteiger partial charge >= 0.3 is 0 Å². The van der Waals surface area contributed by atoms with Gasteiger partial charge in [-0.25, -0.2) is 8.78 Å². The summed E-state index contributed by atoms with van der Waals surface area (Å²) in [7, 11) is 0. The summed E-state index contributed by atoms with van der Waals surface area (Å²) in [4.78, 5) is 12.5. The fourth-order valence-corrected chi connectivity index (χ4v) is 2.70. The Kier molecular flexibility index (Phi) is 5.19. The monoisotopic (exact) mass is 372 g/mol. The predicted molar refractivity (Wildman–Crippen MR) is 84.3 cm³/mol. The van der Waals surface area contributed by atoms with E-state index in [1.807, 2.05) is 6.07 Å². The largest absolute Gasteiger partial charge is 0.398 e. The quantitative estimate of drug-likeness (QED) is 0.628. The highest BCUT2D eigenvalue weighted by Gasteiger charge is 2.10. The van der Waals surface area contributed by atoms with Gasteiger partial charge in [-0.05, 0) is 30.3 Å². The molecule has 0 unspecified atom stereocenters. The second-order valence-electron chi connectivity index (χ2n) is 4.14. The number of thioether (sulfide) groups is 1. The Morgan fingerprint density at radius 1 is 1.24 bits per heavy atom. The highest BCUT2D eigenvalue weighted by atomic mass is 79.9. The number of benzene rings is 2. The number of nitrogens with one attached hydrogen (secondary N) is 1. The molecule has 2 aromatic carbocycles. The number of hydrogen-bond donors (Lipinski definition) is 2. The molecule has 0 fully saturated rings. The Labute approximate surface area is 133 Å². The van der Waals surface area contributed by atoms with E-state index < -0.39 is 17.5 Å². The highest BCUT2D eigenvalue weighted by Crippen LogP contribution is 2.28. The van der Waals surface area contributed by atoms with Crippen LogP contribution in [0.1, 0.15) is 0 Å². The zero-order valence-corrected chi connectivity index (χ0v) is 13.1. The number of amides is 1. The molecule has 0 spiro atoms. The van der Waals surface area contributed by atoms with Gasteiger partial charge in [-0.15, -0.1) is 11.8 Å². The molecule has 0 aromatic heterocycles. The molecular formula is C14H11BrF2N2OS. The van der Waals surface area contributed by atoms with Crippen LogP contribution in [0.3, 0.4) is 0 Å². The summed E-state index contributed by atoms with van der Waals surface area (Å²) in [6.45, 7) is 0. The van der Waals surface area contributed by atoms with Gasteiger partial charge in [0.15, 0.2) is 0 Å². The van der Waals surface area contributed by atoms with Crippen molar-refractivity contribution in [3.8, 4) is 0 Å². The van der Waals surface area contributed by atoms with Gasteiger partial charge in [0.1, 0.15) is 11.6 Å². The Hall–Kier alpha value is -1.60. The minimum absolute atomic E-state index is 0.0434. The minimum Gasteiger partial charge on any atom is -0.398 e. The molecule has 2 aromatic rings. The maximum atomic E-state index is 13.4. The van der Waals surface area contributed by atoms with Crippen molar-refractivity contribution in [2.75, 3.05) is 16.8 Å². The maximum Gasteiger partial charge on any atom is 0.234 e. The van der Waals surface area contributed by atoms with E-state index >= 15 is 0 Å². The molecule has 0 atom stereocenters. The Bertz CT molecular complexity index is 682. The van der Waals surface area contributed by atoms with Crippen LogP contribution in [0.15, 0.2) is 45.8 Å². The number of anilines is 2. The summed E-state index contributed by atoms with van der Waals surface area (Å²) in [6, 6.07) is 8.20. The van der Waals surface area contributed by atoms with Crippen LogP contribution < -0.4 is 11.1 Å². The SMILES string of the molecule is Nc1cc(Br)ccc1SCC(=O)Nc1cc(F)ccc1F. The lowest BCUT2D eigenvalue weighted by Gasteiger charge is -2.08. The van der Waals surface area contributed by atoms with Crippen LogP contribution >= 0.6 is 27.7 Å². The lowest BCUT2D eigenvalue weighted by molar-refractivity contribution is -0.113. The lowest BCUT2D eigenvalue weighted by atomic mass is 10.3. The molecule has 0 bridgehead atoms. The highest BCUT2D eigenvalue weighted by molar-refractivity contribution is 9.10. The van der Waals surface area contributed by atoms with Crippen LogP contribution in [-0.2, 0) is 4.79 Å². The van der Waals surface area contributed by atoms with Crippen molar-refractivity contribution in [2.24, 2.45) is 0 Å². The van der Waals surface area contributed by atoms with Crippen LogP contribution in [0.4, 0.5) is 20.2 Å². The molecule has 0 aliphatic heterocycles. The molecule has 0 heterocycles. The van der Waals surface area contributed by atoms with E-state index in [9.17, 15) is 13.6 Å². The van der Waals surface area contributed by atoms with Crippen molar-refractivity contribution in [3.63, 3.8) is 0 Å². The molecule has 7 heteroatoms. The second-order valence-corrected chi connectivity index (χ2v) is 6.08. The van der Waals surface area contributed by atoms with Crippen LogP contribution in [0.25, 0.3) is 0 Å². The van der Waals surface area contributed by atoms with E-state index in [1.54, 1.807) is 12.1 Å². The van der Waals surface area contributed by atoms with Crippen molar-refractivity contribution < 1.29 is 13.6 Å². The number of nitrogen functional groups attached to an aromatic ring is 1. The fraction of sp³-hybridized carbons (Fsp3) is 0.0714. The van der Waals surface area contributed by atoms with Crippen molar-refractivity contribution in [2.45, 2.75) is 4.90 Å². The van der Waals surface area contributed by atoms with Crippen LogP contribution in [0.5, 0.6) is 0 Å². The van der Waals surface area contributed by atoms with E-state index in [-0.39, 0.29) is 11.4 Å². The average Bonchev–Trinajstić information content (AvgIpc) is 2.42. The van der Waals surface area contributed by atoms with Crippen LogP contribution in [-0.4, -0.2) is 11.7 Å². The summed E-state index contributed by atoms with van der Waals surface area (Å²) >= 11 is 4.51. The average molecular weight is 373 g/mol. The number of hydrogen-bond acceptors (Lipinski definition) is 3. The predicted octanol–water partition coefficient (Wildman–Crippen LogP) is 4.04. The number of carbonyl (C=O) groups excluding carboxylic acids is 1. The zero-order chi connectivity index (χ0) is 15.4. The molecule has 110 valence electrons. The van der Waals surface area contributed by atoms with Gasteiger partial charge in [0.05, 0.1) is 11.4 Å². The molecule has 0 aliphatic carbocycles. The molecule has 0 aliphatic rings. The zero-order valence-electron chi connectivity index (χ0n) is 10.7. The van der Waals surface area contributed by atoms with Gasteiger partial charge in [-0.1, -0.05) is 15.9 Å². The molecule has 0 saturated heterocycles. The Morgan fingerprint density at radius 3 is 2.71 bits per heavy atom. The fourth-order valence-electron chi connectivity index (χ4n) is 1.57. The summed E-state index contributed by atoms with van der Waals surface area (Å²) < 4.78 is 27.2. The van der Waals surface area contributed by atoms with E-state index in [1.165, 1.54) is 11.8 Å². The van der Waals surface area contributed by atoms with Crippen LogP contribution in [0.2, 0.25) is 0 Å². The van der Waals surface area contributed by atoms with Gasteiger partial charge in [0, 0.05) is 21.1 Å². The topological polar surface area (TPSA) is 55.1 Å². The Morgan fingerprint density at radius 2 is 2.00 bits per heavy atom. The molecule has 0 saturated carbocycles. The maximum absolute atomic E-state index is 13.4. The summed E-state index contributed by atoms with van der Waals surface area (Å²) in [5, 5.41) is 2.33. The lowest BCUT2D eigenvalue weighted by Crippen LogP contribution is -2.15. The first-order valence-corrected chi connectivity index (χ1v) is 7.66. The summed E-state index contributed by atoms with van der Waals surface area (Å²) in [5.41, 5.74) is 6.18. The number of nitrogens with two attached hydrogens (primary N) is 1. The summed E-state index contributed by atoms with van der Waals surface area (Å²) in [6.07, 6.45) is 0. The van der Waals surface area contributed by atoms with Crippen molar-refractivity contribution >= 4 is 45.0 Å². The molecule has 21 heavy (non-hydrogen) atoms. The molecule has 3 nitrogen and oxygen atoms in total. The van der Waals surface area contributed by atoms with Gasteiger partial charge in [-0.2, -0.15) is 0 Å². The van der Waals surface area contributed by atoms with E-state index in [4.69, 9.17) is 5.73 Å². The van der Waals surface area contributed by atoms with E-state index in [0.717, 1.165) is 27.6 Å². The minimum atomic E-state index is -0.682. The molecule has 1 amide bonds. The smallest absolute Gasteiger partial charge is 0.234 e. The third-order valence-electron chi connectivity index (χ3n) is 2.53. The molecule has 0 radical (unpaired) electrons. The van der Waals surface area contributed by atoms with Crippen molar-refractivity contribution in [3.05, 3.63) is 52.5 Å². The molecule has 3 N–H and O–H groups in total. The van der Waals surface area contributed by atoms with Gasteiger partial charge in [-0.3, -0.25) is 4.79 Å². The first-order chi connectivity index (χ1) is 9.95. The third kappa shape index (κ3) is 4.44. The van der Waals surface area contributed by atoms with E-state index in [2.05, 4.69) is 21.2 Å². The number of halogens is 3. The Balaban J connectivity index is 1.97. The standard InChI is InChI=1S/C14H11BrF2N2OS/c15-8-1-4-13(11(18)5-8)21-7-14(20)19-12-6-9(16)2-3-10(12)17/h1-6H,7,18H2,(H,19,20). The van der Waals surface area contributed by atoms with Gasteiger partial charge in [0.2, 0.25) is 5.91 Å². The molecule has 2 rings (SSSR count).